The van der Waals surface area contributed by atoms with Gasteiger partial charge in [-0.2, -0.15) is 0 Å². The molecule has 2 aliphatic heterocycles. The molecular weight excluding hydrogens is 386 g/mol. The van der Waals surface area contributed by atoms with E-state index in [2.05, 4.69) is 5.32 Å². The molecule has 3 rings (SSSR count). The first-order valence-electron chi connectivity index (χ1n) is 10.4. The second-order valence-corrected chi connectivity index (χ2v) is 9.10. The number of ether oxygens (including phenoxy) is 2. The number of imide groups is 1. The van der Waals surface area contributed by atoms with Crippen LogP contribution in [0.2, 0.25) is 0 Å². The summed E-state index contributed by atoms with van der Waals surface area (Å²) in [6.07, 6.45) is 0.292. The summed E-state index contributed by atoms with van der Waals surface area (Å²) in [4.78, 5) is 41.3. The Morgan fingerprint density at radius 1 is 1.13 bits per heavy atom. The van der Waals surface area contributed by atoms with Gasteiger partial charge in [0.1, 0.15) is 12.1 Å². The Bertz CT molecular complexity index is 828. The lowest BCUT2D eigenvalue weighted by atomic mass is 9.92. The summed E-state index contributed by atoms with van der Waals surface area (Å²) in [7, 11) is 0. The summed E-state index contributed by atoms with van der Waals surface area (Å²) in [5.74, 6) is 1.27. The molecule has 1 aromatic carbocycles. The molecule has 164 valence electrons. The first-order valence-corrected chi connectivity index (χ1v) is 10.4. The molecule has 0 bridgehead atoms. The van der Waals surface area contributed by atoms with Gasteiger partial charge >= 0.3 is 6.03 Å². The average molecular weight is 418 g/mol. The van der Waals surface area contributed by atoms with E-state index >= 15 is 0 Å². The highest BCUT2D eigenvalue weighted by Gasteiger charge is 2.48. The molecule has 8 heteroatoms. The Kier molecular flexibility index (Phi) is 6.24. The number of nitrogens with one attached hydrogen (secondary N) is 1. The van der Waals surface area contributed by atoms with Crippen molar-refractivity contribution in [2.45, 2.75) is 46.6 Å². The third-order valence-corrected chi connectivity index (χ3v) is 5.16. The molecule has 0 spiro atoms. The molecule has 8 nitrogen and oxygen atoms in total. The lowest BCUT2D eigenvalue weighted by Crippen LogP contribution is -2.48. The molecule has 0 saturated carbocycles. The zero-order valence-electron chi connectivity index (χ0n) is 18.4. The second kappa shape index (κ2) is 8.53. The van der Waals surface area contributed by atoms with E-state index in [1.54, 1.807) is 17.9 Å². The van der Waals surface area contributed by atoms with Crippen LogP contribution >= 0.6 is 0 Å². The maximum Gasteiger partial charge on any atom is 0.325 e. The Morgan fingerprint density at radius 3 is 2.40 bits per heavy atom. The molecular formula is C22H31N3O5. The van der Waals surface area contributed by atoms with Gasteiger partial charge in [-0.15, -0.1) is 0 Å². The van der Waals surface area contributed by atoms with Crippen LogP contribution in [0.25, 0.3) is 0 Å². The molecule has 1 N–H and O–H groups in total. The number of benzene rings is 1. The minimum Gasteiger partial charge on any atom is -0.454 e. The molecule has 30 heavy (non-hydrogen) atoms. The SMILES string of the molecule is CC(C)CN(CC(C)C)C(=O)CN1C(=O)NC(C)(Cc2ccc3c(c2)OCO3)C1=O. The van der Waals surface area contributed by atoms with E-state index in [9.17, 15) is 14.4 Å². The number of carbonyl (C=O) groups excluding carboxylic acids is 3. The van der Waals surface area contributed by atoms with Crippen molar-refractivity contribution in [2.75, 3.05) is 26.4 Å². The van der Waals surface area contributed by atoms with Crippen LogP contribution in [0.1, 0.15) is 40.2 Å². The number of urea groups is 1. The standard InChI is InChI=1S/C22H31N3O5/c1-14(2)10-24(11-15(3)4)19(26)12-25-20(27)22(5,23-21(25)28)9-16-6-7-17-18(8-16)30-13-29-17/h6-8,14-15H,9-13H2,1-5H3,(H,23,28). The largest absolute Gasteiger partial charge is 0.454 e. The minimum atomic E-state index is -1.12. The van der Waals surface area contributed by atoms with Crippen LogP contribution in [0.4, 0.5) is 4.79 Å². The predicted molar refractivity (Wildman–Crippen MR) is 111 cm³/mol. The predicted octanol–water partition coefficient (Wildman–Crippen LogP) is 2.41. The van der Waals surface area contributed by atoms with Gasteiger partial charge in [-0.05, 0) is 36.5 Å². The monoisotopic (exact) mass is 417 g/mol. The zero-order chi connectivity index (χ0) is 22.1. The summed E-state index contributed by atoms with van der Waals surface area (Å²) >= 11 is 0. The van der Waals surface area contributed by atoms with Crippen molar-refractivity contribution < 1.29 is 23.9 Å². The summed E-state index contributed by atoms with van der Waals surface area (Å²) in [6, 6.07) is 4.91. The third kappa shape index (κ3) is 4.68. The van der Waals surface area contributed by atoms with Crippen molar-refractivity contribution in [3.8, 4) is 11.5 Å². The summed E-state index contributed by atoms with van der Waals surface area (Å²) in [5.41, 5.74) is -0.281. The molecule has 1 fully saturated rings. The molecule has 1 saturated heterocycles. The number of rotatable bonds is 8. The lowest BCUT2D eigenvalue weighted by molar-refractivity contribution is -0.139. The van der Waals surface area contributed by atoms with Crippen LogP contribution in [0, 0.1) is 11.8 Å². The van der Waals surface area contributed by atoms with Gasteiger partial charge in [0.25, 0.3) is 5.91 Å². The van der Waals surface area contributed by atoms with Crippen LogP contribution < -0.4 is 14.8 Å². The number of fused-ring (bicyclic) bond motifs is 1. The second-order valence-electron chi connectivity index (χ2n) is 9.10. The molecule has 2 heterocycles. The van der Waals surface area contributed by atoms with Crippen LogP contribution in [-0.4, -0.2) is 59.6 Å². The lowest BCUT2D eigenvalue weighted by Gasteiger charge is -2.28. The fourth-order valence-corrected chi connectivity index (χ4v) is 3.86. The van der Waals surface area contributed by atoms with E-state index in [1.165, 1.54) is 0 Å². The molecule has 2 aliphatic rings. The summed E-state index contributed by atoms with van der Waals surface area (Å²) < 4.78 is 10.7. The normalized spacial score (nSPS) is 20.3. The van der Waals surface area contributed by atoms with Crippen molar-refractivity contribution in [1.82, 2.24) is 15.1 Å². The molecule has 1 atom stereocenters. The highest BCUT2D eigenvalue weighted by Crippen LogP contribution is 2.34. The number of carbonyl (C=O) groups is 3. The van der Waals surface area contributed by atoms with E-state index in [1.807, 2.05) is 39.8 Å². The van der Waals surface area contributed by atoms with Gasteiger partial charge in [-0.1, -0.05) is 33.8 Å². The van der Waals surface area contributed by atoms with Crippen molar-refractivity contribution in [2.24, 2.45) is 11.8 Å². The van der Waals surface area contributed by atoms with E-state index in [0.717, 1.165) is 10.5 Å². The van der Waals surface area contributed by atoms with Gasteiger partial charge in [0.05, 0.1) is 0 Å². The van der Waals surface area contributed by atoms with Crippen molar-refractivity contribution in [3.05, 3.63) is 23.8 Å². The molecule has 1 unspecified atom stereocenters. The van der Waals surface area contributed by atoms with Gasteiger partial charge in [0.2, 0.25) is 12.7 Å². The van der Waals surface area contributed by atoms with E-state index in [-0.39, 0.29) is 19.2 Å². The van der Waals surface area contributed by atoms with E-state index in [0.29, 0.717) is 42.8 Å². The first kappa shape index (κ1) is 21.9. The van der Waals surface area contributed by atoms with E-state index in [4.69, 9.17) is 9.47 Å². The smallest absolute Gasteiger partial charge is 0.325 e. The highest BCUT2D eigenvalue weighted by atomic mass is 16.7. The van der Waals surface area contributed by atoms with Gasteiger partial charge in [-0.25, -0.2) is 4.79 Å². The van der Waals surface area contributed by atoms with Gasteiger partial charge in [0, 0.05) is 19.5 Å². The van der Waals surface area contributed by atoms with Crippen molar-refractivity contribution in [3.63, 3.8) is 0 Å². The van der Waals surface area contributed by atoms with Crippen LogP contribution in [0.5, 0.6) is 11.5 Å². The minimum absolute atomic E-state index is 0.171. The van der Waals surface area contributed by atoms with Gasteiger partial charge in [-0.3, -0.25) is 14.5 Å². The molecule has 0 aromatic heterocycles. The quantitative estimate of drug-likeness (QED) is 0.657. The number of amides is 4. The van der Waals surface area contributed by atoms with Crippen LogP contribution in [-0.2, 0) is 16.0 Å². The average Bonchev–Trinajstić information content (AvgIpc) is 3.18. The van der Waals surface area contributed by atoms with Gasteiger partial charge in [0.15, 0.2) is 11.5 Å². The van der Waals surface area contributed by atoms with Crippen LogP contribution in [0.15, 0.2) is 18.2 Å². The fraction of sp³-hybridized carbons (Fsp3) is 0.591. The topological polar surface area (TPSA) is 88.2 Å². The Morgan fingerprint density at radius 2 is 1.77 bits per heavy atom. The number of hydrogen-bond acceptors (Lipinski definition) is 5. The Balaban J connectivity index is 1.70. The number of nitrogens with zero attached hydrogens (tertiary/aromatic N) is 2. The number of hydrogen-bond donors (Lipinski definition) is 1. The molecule has 0 radical (unpaired) electrons. The first-order chi connectivity index (χ1) is 14.1. The molecule has 0 aliphatic carbocycles. The van der Waals surface area contributed by atoms with Gasteiger partial charge < -0.3 is 19.7 Å². The maximum atomic E-state index is 13.1. The van der Waals surface area contributed by atoms with Crippen LogP contribution in [0.3, 0.4) is 0 Å². The summed E-state index contributed by atoms with van der Waals surface area (Å²) in [6.45, 7) is 10.9. The summed E-state index contributed by atoms with van der Waals surface area (Å²) in [5, 5.41) is 2.77. The zero-order valence-corrected chi connectivity index (χ0v) is 18.4. The fourth-order valence-electron chi connectivity index (χ4n) is 3.86. The highest BCUT2D eigenvalue weighted by molar-refractivity contribution is 6.09. The third-order valence-electron chi connectivity index (χ3n) is 5.16. The molecule has 4 amide bonds. The molecule has 1 aromatic rings. The Labute approximate surface area is 177 Å². The Hall–Kier alpha value is -2.77. The van der Waals surface area contributed by atoms with Crippen molar-refractivity contribution in [1.29, 1.82) is 0 Å². The van der Waals surface area contributed by atoms with E-state index < -0.39 is 17.5 Å². The van der Waals surface area contributed by atoms with Crippen molar-refractivity contribution >= 4 is 17.8 Å². The maximum absolute atomic E-state index is 13.1.